The third-order valence-corrected chi connectivity index (χ3v) is 3.91. The second-order valence-corrected chi connectivity index (χ2v) is 5.86. The summed E-state index contributed by atoms with van der Waals surface area (Å²) in [7, 11) is 0. The van der Waals surface area contributed by atoms with Crippen molar-refractivity contribution in [2.75, 3.05) is 0 Å². The lowest BCUT2D eigenvalue weighted by Gasteiger charge is -2.03. The molecule has 0 atom stereocenters. The van der Waals surface area contributed by atoms with Crippen molar-refractivity contribution >= 4 is 5.91 Å². The Kier molecular flexibility index (Phi) is 4.69. The number of hydrogen-bond acceptors (Lipinski definition) is 6. The maximum atomic E-state index is 12.2. The van der Waals surface area contributed by atoms with Crippen LogP contribution in [0.25, 0.3) is 11.4 Å². The van der Waals surface area contributed by atoms with Gasteiger partial charge in [-0.1, -0.05) is 35.5 Å². The Morgan fingerprint density at radius 2 is 2.00 bits per heavy atom. The predicted molar refractivity (Wildman–Crippen MR) is 96.5 cm³/mol. The van der Waals surface area contributed by atoms with Crippen molar-refractivity contribution in [3.05, 3.63) is 84.5 Å². The fraction of sp³-hybridized carbons (Fsp3) is 0.105. The number of amides is 1. The normalized spacial score (nSPS) is 10.7. The highest BCUT2D eigenvalue weighted by Gasteiger charge is 2.16. The zero-order valence-electron chi connectivity index (χ0n) is 14.3. The number of pyridine rings is 1. The molecule has 0 saturated heterocycles. The Morgan fingerprint density at radius 3 is 2.74 bits per heavy atom. The van der Waals surface area contributed by atoms with Crippen LogP contribution < -0.4 is 5.32 Å². The molecule has 8 nitrogen and oxygen atoms in total. The minimum absolute atomic E-state index is 0.0802. The van der Waals surface area contributed by atoms with E-state index >= 15 is 0 Å². The molecule has 0 radical (unpaired) electrons. The predicted octanol–water partition coefficient (Wildman–Crippen LogP) is 2.31. The molecule has 134 valence electrons. The number of hydrogen-bond donors (Lipinski definition) is 1. The Balaban J connectivity index is 1.40. The molecule has 0 bridgehead atoms. The standard InChI is InChI=1S/C19H16N6O2/c26-18(22-11-16-3-1-2-8-21-16)19-23-17(24-27-19)15-6-4-14(5-7-15)12-25-10-9-20-13-25/h1-10,13H,11-12H2,(H,22,26). The van der Waals surface area contributed by atoms with Gasteiger partial charge < -0.3 is 14.4 Å². The van der Waals surface area contributed by atoms with Crippen molar-refractivity contribution in [3.8, 4) is 11.4 Å². The van der Waals surface area contributed by atoms with Crippen LogP contribution in [0.2, 0.25) is 0 Å². The Hall–Kier alpha value is -3.81. The summed E-state index contributed by atoms with van der Waals surface area (Å²) in [6, 6.07) is 13.2. The molecular weight excluding hydrogens is 344 g/mol. The maximum Gasteiger partial charge on any atom is 0.316 e. The fourth-order valence-corrected chi connectivity index (χ4v) is 2.53. The van der Waals surface area contributed by atoms with Crippen molar-refractivity contribution in [1.82, 2.24) is 30.0 Å². The molecule has 0 fully saturated rings. The monoisotopic (exact) mass is 360 g/mol. The number of carbonyl (C=O) groups excluding carboxylic acids is 1. The first-order chi connectivity index (χ1) is 13.3. The molecule has 8 heteroatoms. The van der Waals surface area contributed by atoms with E-state index in [0.29, 0.717) is 12.4 Å². The highest BCUT2D eigenvalue weighted by atomic mass is 16.5. The molecule has 1 amide bonds. The zero-order valence-corrected chi connectivity index (χ0v) is 14.3. The van der Waals surface area contributed by atoms with Gasteiger partial charge in [0.2, 0.25) is 5.82 Å². The van der Waals surface area contributed by atoms with Crippen LogP contribution in [0.4, 0.5) is 0 Å². The van der Waals surface area contributed by atoms with Gasteiger partial charge in [0, 0.05) is 30.7 Å². The first-order valence-corrected chi connectivity index (χ1v) is 8.35. The smallest absolute Gasteiger partial charge is 0.316 e. The average Bonchev–Trinajstić information content (AvgIpc) is 3.40. The zero-order chi connectivity index (χ0) is 18.5. The second kappa shape index (κ2) is 7.61. The van der Waals surface area contributed by atoms with E-state index in [0.717, 1.165) is 23.4 Å². The largest absolute Gasteiger partial charge is 0.342 e. The van der Waals surface area contributed by atoms with Gasteiger partial charge in [0.05, 0.1) is 18.6 Å². The Morgan fingerprint density at radius 1 is 1.11 bits per heavy atom. The summed E-state index contributed by atoms with van der Waals surface area (Å²) < 4.78 is 7.06. The van der Waals surface area contributed by atoms with E-state index in [2.05, 4.69) is 25.4 Å². The lowest BCUT2D eigenvalue weighted by Crippen LogP contribution is -2.23. The van der Waals surface area contributed by atoms with E-state index in [1.54, 1.807) is 18.7 Å². The number of nitrogens with one attached hydrogen (secondary N) is 1. The van der Waals surface area contributed by atoms with Crippen molar-refractivity contribution in [1.29, 1.82) is 0 Å². The molecular formula is C19H16N6O2. The summed E-state index contributed by atoms with van der Waals surface area (Å²) in [6.07, 6.45) is 7.09. The molecule has 1 N–H and O–H groups in total. The van der Waals surface area contributed by atoms with Crippen LogP contribution >= 0.6 is 0 Å². The minimum Gasteiger partial charge on any atom is -0.342 e. The molecule has 0 aliphatic heterocycles. The van der Waals surface area contributed by atoms with Crippen molar-refractivity contribution in [3.63, 3.8) is 0 Å². The quantitative estimate of drug-likeness (QED) is 0.566. The maximum absolute atomic E-state index is 12.2. The van der Waals surface area contributed by atoms with E-state index in [9.17, 15) is 4.79 Å². The summed E-state index contributed by atoms with van der Waals surface area (Å²) in [5.74, 6) is -0.147. The number of imidazole rings is 1. The minimum atomic E-state index is -0.434. The SMILES string of the molecule is O=C(NCc1ccccn1)c1nc(-c2ccc(Cn3ccnc3)cc2)no1. The first-order valence-electron chi connectivity index (χ1n) is 8.35. The van der Waals surface area contributed by atoms with Gasteiger partial charge in [0.15, 0.2) is 0 Å². The average molecular weight is 360 g/mol. The van der Waals surface area contributed by atoms with Crippen LogP contribution in [-0.2, 0) is 13.1 Å². The van der Waals surface area contributed by atoms with E-state index in [1.807, 2.05) is 53.2 Å². The summed E-state index contributed by atoms with van der Waals surface area (Å²) >= 11 is 0. The van der Waals surface area contributed by atoms with E-state index in [-0.39, 0.29) is 5.89 Å². The van der Waals surface area contributed by atoms with Gasteiger partial charge in [-0.15, -0.1) is 0 Å². The Labute approximate surface area is 154 Å². The van der Waals surface area contributed by atoms with Crippen LogP contribution in [-0.4, -0.2) is 30.6 Å². The van der Waals surface area contributed by atoms with E-state index in [1.165, 1.54) is 0 Å². The van der Waals surface area contributed by atoms with Gasteiger partial charge in [0.25, 0.3) is 0 Å². The summed E-state index contributed by atoms with van der Waals surface area (Å²) in [5.41, 5.74) is 2.64. The number of carbonyl (C=O) groups is 1. The molecule has 0 saturated carbocycles. The summed E-state index contributed by atoms with van der Waals surface area (Å²) in [4.78, 5) is 24.5. The Bertz CT molecular complexity index is 1010. The molecule has 3 aromatic heterocycles. The van der Waals surface area contributed by atoms with Crippen molar-refractivity contribution in [2.24, 2.45) is 0 Å². The number of aromatic nitrogens is 5. The lowest BCUT2D eigenvalue weighted by atomic mass is 10.1. The molecule has 0 aliphatic carbocycles. The van der Waals surface area contributed by atoms with Crippen LogP contribution in [0.5, 0.6) is 0 Å². The second-order valence-electron chi connectivity index (χ2n) is 5.86. The number of rotatable bonds is 6. The lowest BCUT2D eigenvalue weighted by molar-refractivity contribution is 0.0906. The van der Waals surface area contributed by atoms with Crippen LogP contribution in [0.3, 0.4) is 0 Å². The van der Waals surface area contributed by atoms with Gasteiger partial charge in [-0.3, -0.25) is 9.78 Å². The molecule has 4 aromatic rings. The number of nitrogens with zero attached hydrogens (tertiary/aromatic N) is 5. The van der Waals surface area contributed by atoms with Gasteiger partial charge in [-0.05, 0) is 17.7 Å². The van der Waals surface area contributed by atoms with Crippen LogP contribution in [0, 0.1) is 0 Å². The number of benzene rings is 1. The van der Waals surface area contributed by atoms with E-state index < -0.39 is 5.91 Å². The van der Waals surface area contributed by atoms with Crippen molar-refractivity contribution in [2.45, 2.75) is 13.1 Å². The summed E-state index contributed by atoms with van der Waals surface area (Å²) in [6.45, 7) is 1.02. The molecule has 0 unspecified atom stereocenters. The van der Waals surface area contributed by atoms with Gasteiger partial charge in [0.1, 0.15) is 0 Å². The van der Waals surface area contributed by atoms with Gasteiger partial charge >= 0.3 is 11.8 Å². The van der Waals surface area contributed by atoms with Gasteiger partial charge in [-0.25, -0.2) is 4.98 Å². The first kappa shape index (κ1) is 16.6. The topological polar surface area (TPSA) is 98.7 Å². The van der Waals surface area contributed by atoms with Crippen LogP contribution in [0.15, 0.2) is 71.9 Å². The summed E-state index contributed by atoms with van der Waals surface area (Å²) in [5, 5.41) is 6.60. The molecule has 0 aliphatic rings. The van der Waals surface area contributed by atoms with Crippen LogP contribution in [0.1, 0.15) is 21.9 Å². The third-order valence-electron chi connectivity index (χ3n) is 3.91. The fourth-order valence-electron chi connectivity index (χ4n) is 2.53. The molecule has 0 spiro atoms. The third kappa shape index (κ3) is 4.06. The van der Waals surface area contributed by atoms with E-state index in [4.69, 9.17) is 4.52 Å². The van der Waals surface area contributed by atoms with Gasteiger partial charge in [-0.2, -0.15) is 4.98 Å². The molecule has 4 rings (SSSR count). The molecule has 27 heavy (non-hydrogen) atoms. The molecule has 1 aromatic carbocycles. The highest BCUT2D eigenvalue weighted by Crippen LogP contribution is 2.17. The highest BCUT2D eigenvalue weighted by molar-refractivity contribution is 5.89. The molecule has 3 heterocycles. The van der Waals surface area contributed by atoms with Crippen molar-refractivity contribution < 1.29 is 9.32 Å².